The van der Waals surface area contributed by atoms with E-state index in [1.54, 1.807) is 0 Å². The molecule has 0 atom stereocenters. The van der Waals surface area contributed by atoms with Crippen molar-refractivity contribution in [3.05, 3.63) is 0 Å². The zero-order chi connectivity index (χ0) is 14.9. The Kier molecular flexibility index (Phi) is 4.50. The van der Waals surface area contributed by atoms with E-state index < -0.39 is 11.0 Å². The minimum absolute atomic E-state index is 0.336. The highest BCUT2D eigenvalue weighted by molar-refractivity contribution is 5.14. The first kappa shape index (κ1) is 15.8. The zero-order valence-corrected chi connectivity index (χ0v) is 13.5. The number of aliphatic hydroxyl groups is 1. The molecule has 0 aliphatic heterocycles. The molecule has 2 nitrogen and oxygen atoms in total. The lowest BCUT2D eigenvalue weighted by Gasteiger charge is -2.51. The third kappa shape index (κ3) is 2.89. The Labute approximate surface area is 124 Å². The van der Waals surface area contributed by atoms with Gasteiger partial charge in [-0.25, -0.2) is 0 Å². The quantitative estimate of drug-likeness (QED) is 0.804. The molecular formula is C18H31NO. The molecule has 0 unspecified atom stereocenters. The van der Waals surface area contributed by atoms with Gasteiger partial charge in [-0.3, -0.25) is 0 Å². The summed E-state index contributed by atoms with van der Waals surface area (Å²) >= 11 is 0. The second-order valence-electron chi connectivity index (χ2n) is 8.12. The van der Waals surface area contributed by atoms with Crippen molar-refractivity contribution in [1.29, 1.82) is 5.26 Å². The van der Waals surface area contributed by atoms with Crippen LogP contribution < -0.4 is 0 Å². The Hall–Kier alpha value is -0.550. The van der Waals surface area contributed by atoms with Crippen molar-refractivity contribution in [1.82, 2.24) is 0 Å². The lowest BCUT2D eigenvalue weighted by atomic mass is 9.55. The van der Waals surface area contributed by atoms with Crippen LogP contribution >= 0.6 is 0 Å². The minimum Gasteiger partial charge on any atom is -0.388 e. The number of hydrogen-bond acceptors (Lipinski definition) is 2. The summed E-state index contributed by atoms with van der Waals surface area (Å²) in [6.07, 6.45) is 10.3. The summed E-state index contributed by atoms with van der Waals surface area (Å²) in [6.45, 7) is 6.80. The van der Waals surface area contributed by atoms with E-state index in [0.29, 0.717) is 5.41 Å². The Bertz CT molecular complexity index is 361. The normalized spacial score (nSPS) is 36.2. The Morgan fingerprint density at radius 3 is 2.05 bits per heavy atom. The topological polar surface area (TPSA) is 44.0 Å². The van der Waals surface area contributed by atoms with E-state index in [1.165, 1.54) is 12.8 Å². The highest BCUT2D eigenvalue weighted by atomic mass is 16.3. The number of nitriles is 1. The third-order valence-electron chi connectivity index (χ3n) is 6.19. The van der Waals surface area contributed by atoms with Gasteiger partial charge in [0.25, 0.3) is 0 Å². The fourth-order valence-electron chi connectivity index (χ4n) is 4.37. The van der Waals surface area contributed by atoms with Crippen molar-refractivity contribution < 1.29 is 5.11 Å². The molecule has 114 valence electrons. The average molecular weight is 277 g/mol. The largest absolute Gasteiger partial charge is 0.388 e. The van der Waals surface area contributed by atoms with Gasteiger partial charge in [0.05, 0.1) is 17.1 Å². The molecule has 0 radical (unpaired) electrons. The molecule has 0 aromatic heterocycles. The van der Waals surface area contributed by atoms with E-state index in [2.05, 4.69) is 26.8 Å². The Morgan fingerprint density at radius 2 is 1.60 bits per heavy atom. The molecule has 0 bridgehead atoms. The van der Waals surface area contributed by atoms with Gasteiger partial charge in [0.1, 0.15) is 0 Å². The van der Waals surface area contributed by atoms with Crippen LogP contribution in [0.1, 0.15) is 85.0 Å². The maximum atomic E-state index is 11.2. The molecule has 1 N–H and O–H groups in total. The highest BCUT2D eigenvalue weighted by Crippen LogP contribution is 2.54. The molecule has 2 heteroatoms. The summed E-state index contributed by atoms with van der Waals surface area (Å²) in [6, 6.07) is 2.57. The molecule has 20 heavy (non-hydrogen) atoms. The molecule has 2 aliphatic rings. The second kappa shape index (κ2) is 5.68. The maximum Gasteiger partial charge on any atom is 0.0860 e. The van der Waals surface area contributed by atoms with Crippen molar-refractivity contribution in [2.75, 3.05) is 0 Å². The maximum absolute atomic E-state index is 11.2. The standard InChI is InChI=1S/C18H31NO/c1-4-5-15-6-8-17(14-19,9-7-15)18(20)12-10-16(2,3)11-13-18/h15,20H,4-13H2,1-3H3. The summed E-state index contributed by atoms with van der Waals surface area (Å²) in [5.41, 5.74) is -0.857. The minimum atomic E-state index is -0.728. The molecule has 0 amide bonds. The predicted molar refractivity (Wildman–Crippen MR) is 82.1 cm³/mol. The number of nitrogens with zero attached hydrogens (tertiary/aromatic N) is 1. The van der Waals surface area contributed by atoms with Crippen LogP contribution in [0.5, 0.6) is 0 Å². The first-order valence-electron chi connectivity index (χ1n) is 8.50. The molecular weight excluding hydrogens is 246 g/mol. The first-order chi connectivity index (χ1) is 9.36. The van der Waals surface area contributed by atoms with Gasteiger partial charge >= 0.3 is 0 Å². The van der Waals surface area contributed by atoms with Gasteiger partial charge in [0.2, 0.25) is 0 Å². The summed E-state index contributed by atoms with van der Waals surface area (Å²) in [4.78, 5) is 0. The first-order valence-corrected chi connectivity index (χ1v) is 8.50. The molecule has 0 spiro atoms. The number of rotatable bonds is 3. The summed E-state index contributed by atoms with van der Waals surface area (Å²) in [7, 11) is 0. The van der Waals surface area contributed by atoms with Crippen molar-refractivity contribution in [3.63, 3.8) is 0 Å². The zero-order valence-electron chi connectivity index (χ0n) is 13.5. The molecule has 2 fully saturated rings. The molecule has 0 heterocycles. The van der Waals surface area contributed by atoms with Gasteiger partial charge in [-0.05, 0) is 62.7 Å². The monoisotopic (exact) mass is 277 g/mol. The lowest BCUT2D eigenvalue weighted by Crippen LogP contribution is -2.52. The summed E-state index contributed by atoms with van der Waals surface area (Å²) in [5, 5.41) is 21.0. The van der Waals surface area contributed by atoms with Crippen LogP contribution in [0.15, 0.2) is 0 Å². The molecule has 2 rings (SSSR count). The summed E-state index contributed by atoms with van der Waals surface area (Å²) in [5.74, 6) is 0.783. The van der Waals surface area contributed by atoms with Crippen LogP contribution in [0.2, 0.25) is 0 Å². The molecule has 0 aromatic carbocycles. The van der Waals surface area contributed by atoms with Gasteiger partial charge in [-0.2, -0.15) is 5.26 Å². The van der Waals surface area contributed by atoms with Gasteiger partial charge in [0.15, 0.2) is 0 Å². The Balaban J connectivity index is 2.07. The van der Waals surface area contributed by atoms with Crippen molar-refractivity contribution in [3.8, 4) is 6.07 Å². The van der Waals surface area contributed by atoms with Gasteiger partial charge in [-0.15, -0.1) is 0 Å². The molecule has 2 saturated carbocycles. The van der Waals surface area contributed by atoms with Crippen LogP contribution in [0.3, 0.4) is 0 Å². The second-order valence-corrected chi connectivity index (χ2v) is 8.12. The third-order valence-corrected chi connectivity index (χ3v) is 6.19. The van der Waals surface area contributed by atoms with Crippen LogP contribution in [-0.2, 0) is 0 Å². The highest BCUT2D eigenvalue weighted by Gasteiger charge is 2.54. The van der Waals surface area contributed by atoms with E-state index >= 15 is 0 Å². The van der Waals surface area contributed by atoms with Crippen LogP contribution in [0.25, 0.3) is 0 Å². The smallest absolute Gasteiger partial charge is 0.0860 e. The van der Waals surface area contributed by atoms with E-state index in [1.807, 2.05) is 0 Å². The Morgan fingerprint density at radius 1 is 1.05 bits per heavy atom. The van der Waals surface area contributed by atoms with E-state index in [-0.39, 0.29) is 0 Å². The lowest BCUT2D eigenvalue weighted by molar-refractivity contribution is -0.118. The number of hydrogen-bond donors (Lipinski definition) is 1. The van der Waals surface area contributed by atoms with Crippen molar-refractivity contribution in [2.45, 2.75) is 90.6 Å². The van der Waals surface area contributed by atoms with E-state index in [0.717, 1.165) is 57.3 Å². The molecule has 0 saturated heterocycles. The van der Waals surface area contributed by atoms with Crippen molar-refractivity contribution >= 4 is 0 Å². The molecule has 0 aromatic rings. The fraction of sp³-hybridized carbons (Fsp3) is 0.944. The summed E-state index contributed by atoms with van der Waals surface area (Å²) < 4.78 is 0. The van der Waals surface area contributed by atoms with Crippen LogP contribution in [0, 0.1) is 28.1 Å². The van der Waals surface area contributed by atoms with Gasteiger partial charge < -0.3 is 5.11 Å². The predicted octanol–water partition coefficient (Wildman–Crippen LogP) is 4.82. The van der Waals surface area contributed by atoms with Gasteiger partial charge in [-0.1, -0.05) is 33.6 Å². The van der Waals surface area contributed by atoms with E-state index in [4.69, 9.17) is 0 Å². The van der Waals surface area contributed by atoms with Crippen LogP contribution in [-0.4, -0.2) is 10.7 Å². The fourth-order valence-corrected chi connectivity index (χ4v) is 4.37. The molecule has 2 aliphatic carbocycles. The van der Waals surface area contributed by atoms with Gasteiger partial charge in [0, 0.05) is 0 Å². The average Bonchev–Trinajstić information content (AvgIpc) is 2.44. The SMILES string of the molecule is CCCC1CCC(C#N)(C2(O)CCC(C)(C)CC2)CC1. The van der Waals surface area contributed by atoms with Crippen LogP contribution in [0.4, 0.5) is 0 Å². The van der Waals surface area contributed by atoms with E-state index in [9.17, 15) is 10.4 Å². The van der Waals surface area contributed by atoms with Crippen molar-refractivity contribution in [2.24, 2.45) is 16.7 Å².